The SMILES string of the molecule is COS(=O)(=O)C1=C(O)CC(C)(C)c2cc3ccc(=O)cc-3oc21. The fraction of sp³-hybridized carbons (Fsp3) is 0.312. The predicted molar refractivity (Wildman–Crippen MR) is 84.7 cm³/mol. The summed E-state index contributed by atoms with van der Waals surface area (Å²) in [6.45, 7) is 3.75. The molecule has 0 atom stereocenters. The lowest BCUT2D eigenvalue weighted by Gasteiger charge is -2.32. The monoisotopic (exact) mass is 336 g/mol. The highest BCUT2D eigenvalue weighted by atomic mass is 32.2. The number of hydrogen-bond acceptors (Lipinski definition) is 6. The van der Waals surface area contributed by atoms with E-state index in [0.29, 0.717) is 11.1 Å². The van der Waals surface area contributed by atoms with Gasteiger partial charge in [-0.3, -0.25) is 8.98 Å². The molecule has 23 heavy (non-hydrogen) atoms. The van der Waals surface area contributed by atoms with Gasteiger partial charge in [0.15, 0.2) is 16.1 Å². The molecule has 1 N–H and O–H groups in total. The molecule has 0 aromatic carbocycles. The standard InChI is InChI=1S/C16H16O6S/c1-16(2)8-12(18)15(23(19,20)21-3)14-11(16)6-9-4-5-10(17)7-13(9)22-14/h4-7,18H,8H2,1-3H3. The minimum atomic E-state index is -4.16. The van der Waals surface area contributed by atoms with Gasteiger partial charge in [0.25, 0.3) is 0 Å². The lowest BCUT2D eigenvalue weighted by atomic mass is 9.76. The summed E-state index contributed by atoms with van der Waals surface area (Å²) in [4.78, 5) is 11.1. The molecule has 0 unspecified atom stereocenters. The van der Waals surface area contributed by atoms with Gasteiger partial charge in [-0.2, -0.15) is 8.42 Å². The Balaban J connectivity index is 2.43. The van der Waals surface area contributed by atoms with E-state index in [1.54, 1.807) is 12.1 Å². The van der Waals surface area contributed by atoms with Crippen molar-refractivity contribution in [1.29, 1.82) is 0 Å². The molecule has 0 aromatic heterocycles. The minimum absolute atomic E-state index is 0.0127. The summed E-state index contributed by atoms with van der Waals surface area (Å²) in [5.74, 6) is -0.0463. The van der Waals surface area contributed by atoms with Gasteiger partial charge < -0.3 is 9.52 Å². The van der Waals surface area contributed by atoms with Crippen molar-refractivity contribution in [3.8, 4) is 11.3 Å². The van der Waals surface area contributed by atoms with Gasteiger partial charge in [0.1, 0.15) is 11.5 Å². The van der Waals surface area contributed by atoms with Crippen LogP contribution >= 0.6 is 0 Å². The zero-order valence-electron chi connectivity index (χ0n) is 12.9. The van der Waals surface area contributed by atoms with Crippen LogP contribution in [0, 0.1) is 0 Å². The van der Waals surface area contributed by atoms with Crippen molar-refractivity contribution in [2.45, 2.75) is 25.7 Å². The predicted octanol–water partition coefficient (Wildman–Crippen LogP) is 2.63. The van der Waals surface area contributed by atoms with Crippen molar-refractivity contribution >= 4 is 15.0 Å². The Kier molecular flexibility index (Phi) is 3.38. The highest BCUT2D eigenvalue weighted by Gasteiger charge is 2.40. The Bertz CT molecular complexity index is 949. The molecule has 0 saturated heterocycles. The van der Waals surface area contributed by atoms with Crippen molar-refractivity contribution in [1.82, 2.24) is 0 Å². The lowest BCUT2D eigenvalue weighted by molar-refractivity contribution is 0.329. The number of aliphatic hydroxyl groups excluding tert-OH is 1. The summed E-state index contributed by atoms with van der Waals surface area (Å²) in [5.41, 5.74) is 0.546. The van der Waals surface area contributed by atoms with Gasteiger partial charge >= 0.3 is 10.1 Å². The number of hydrogen-bond donors (Lipinski definition) is 1. The first-order chi connectivity index (χ1) is 10.7. The second kappa shape index (κ2) is 4.94. The molecular weight excluding hydrogens is 320 g/mol. The Morgan fingerprint density at radius 3 is 2.61 bits per heavy atom. The van der Waals surface area contributed by atoms with E-state index in [2.05, 4.69) is 4.18 Å². The van der Waals surface area contributed by atoms with Crippen molar-refractivity contribution in [3.05, 3.63) is 51.6 Å². The van der Waals surface area contributed by atoms with E-state index in [0.717, 1.165) is 7.11 Å². The molecule has 0 bridgehead atoms. The number of aliphatic hydroxyl groups is 1. The molecule has 0 aromatic rings. The summed E-state index contributed by atoms with van der Waals surface area (Å²) in [7, 11) is -3.14. The van der Waals surface area contributed by atoms with Crippen LogP contribution in [0.1, 0.15) is 31.6 Å². The fourth-order valence-electron chi connectivity index (χ4n) is 2.85. The third-order valence-electron chi connectivity index (χ3n) is 4.02. The minimum Gasteiger partial charge on any atom is -0.511 e. The van der Waals surface area contributed by atoms with Crippen LogP contribution in [0.2, 0.25) is 0 Å². The summed E-state index contributed by atoms with van der Waals surface area (Å²) >= 11 is 0. The highest BCUT2D eigenvalue weighted by molar-refractivity contribution is 7.96. The van der Waals surface area contributed by atoms with E-state index in [-0.39, 0.29) is 34.0 Å². The normalized spacial score (nSPS) is 17.3. The van der Waals surface area contributed by atoms with E-state index < -0.39 is 15.5 Å². The topological polar surface area (TPSA) is 93.8 Å². The maximum Gasteiger partial charge on any atom is 0.303 e. The summed E-state index contributed by atoms with van der Waals surface area (Å²) in [6.07, 6.45) is 0.137. The molecule has 0 saturated carbocycles. The second-order valence-electron chi connectivity index (χ2n) is 6.15. The van der Waals surface area contributed by atoms with Crippen molar-refractivity contribution in [2.75, 3.05) is 7.11 Å². The smallest absolute Gasteiger partial charge is 0.303 e. The number of fused-ring (bicyclic) bond motifs is 2. The molecule has 3 rings (SSSR count). The van der Waals surface area contributed by atoms with E-state index in [4.69, 9.17) is 4.42 Å². The Morgan fingerprint density at radius 2 is 1.96 bits per heavy atom. The molecule has 0 spiro atoms. The Hall–Kier alpha value is -2.12. The molecular formula is C16H16O6S. The second-order valence-corrected chi connectivity index (χ2v) is 7.80. The highest BCUT2D eigenvalue weighted by Crippen LogP contribution is 2.46. The van der Waals surface area contributed by atoms with Crippen LogP contribution in [-0.4, -0.2) is 20.6 Å². The van der Waals surface area contributed by atoms with E-state index in [1.807, 2.05) is 13.8 Å². The van der Waals surface area contributed by atoms with Gasteiger partial charge in [-0.1, -0.05) is 13.8 Å². The van der Waals surface area contributed by atoms with Gasteiger partial charge in [-0.05, 0) is 18.2 Å². The van der Waals surface area contributed by atoms with Crippen LogP contribution in [0.15, 0.2) is 39.2 Å². The van der Waals surface area contributed by atoms with Gasteiger partial charge in [-0.15, -0.1) is 0 Å². The van der Waals surface area contributed by atoms with Crippen molar-refractivity contribution in [3.63, 3.8) is 0 Å². The first-order valence-electron chi connectivity index (χ1n) is 6.97. The number of rotatable bonds is 2. The lowest BCUT2D eigenvalue weighted by Crippen LogP contribution is -2.27. The maximum atomic E-state index is 12.2. The summed E-state index contributed by atoms with van der Waals surface area (Å²) in [6, 6.07) is 6.11. The maximum absolute atomic E-state index is 12.2. The van der Waals surface area contributed by atoms with Crippen LogP contribution in [-0.2, 0) is 19.7 Å². The van der Waals surface area contributed by atoms with Crippen LogP contribution < -0.4 is 5.43 Å². The molecule has 2 aliphatic carbocycles. The molecule has 0 amide bonds. The quantitative estimate of drug-likeness (QED) is 0.847. The van der Waals surface area contributed by atoms with Crippen molar-refractivity contribution in [2.24, 2.45) is 0 Å². The van der Waals surface area contributed by atoms with E-state index in [1.165, 1.54) is 12.1 Å². The van der Waals surface area contributed by atoms with Gasteiger partial charge in [0, 0.05) is 29.0 Å². The molecule has 1 aliphatic heterocycles. The van der Waals surface area contributed by atoms with Crippen LogP contribution in [0.3, 0.4) is 0 Å². The van der Waals surface area contributed by atoms with Crippen molar-refractivity contribution < 1.29 is 22.1 Å². The van der Waals surface area contributed by atoms with Crippen LogP contribution in [0.5, 0.6) is 0 Å². The summed E-state index contributed by atoms with van der Waals surface area (Å²) in [5, 5.41) is 10.2. The largest absolute Gasteiger partial charge is 0.511 e. The van der Waals surface area contributed by atoms with Crippen LogP contribution in [0.25, 0.3) is 16.2 Å². The molecule has 3 aliphatic rings. The van der Waals surface area contributed by atoms with Gasteiger partial charge in [0.05, 0.1) is 7.11 Å². The Labute approximate surface area is 133 Å². The average Bonchev–Trinajstić information content (AvgIpc) is 2.44. The molecule has 6 nitrogen and oxygen atoms in total. The molecule has 7 heteroatoms. The first-order valence-corrected chi connectivity index (χ1v) is 8.38. The van der Waals surface area contributed by atoms with E-state index >= 15 is 0 Å². The van der Waals surface area contributed by atoms with Crippen LogP contribution in [0.4, 0.5) is 0 Å². The Morgan fingerprint density at radius 1 is 1.26 bits per heavy atom. The first kappa shape index (κ1) is 15.8. The zero-order chi connectivity index (χ0) is 17.0. The molecule has 1 heterocycles. The molecule has 122 valence electrons. The third kappa shape index (κ3) is 2.46. The number of allylic oxidation sites excluding steroid dienone is 1. The fourth-order valence-corrected chi connectivity index (χ4v) is 3.75. The summed E-state index contributed by atoms with van der Waals surface area (Å²) < 4.78 is 34.6. The number of benzene rings is 1. The zero-order valence-corrected chi connectivity index (χ0v) is 13.7. The molecule has 0 fully saturated rings. The van der Waals surface area contributed by atoms with E-state index in [9.17, 15) is 18.3 Å². The van der Waals surface area contributed by atoms with Gasteiger partial charge in [0.2, 0.25) is 0 Å². The third-order valence-corrected chi connectivity index (χ3v) is 5.38. The molecule has 0 radical (unpaired) electrons. The average molecular weight is 336 g/mol. The van der Waals surface area contributed by atoms with Gasteiger partial charge in [-0.25, -0.2) is 0 Å².